The Morgan fingerprint density at radius 2 is 1.89 bits per heavy atom. The van der Waals surface area contributed by atoms with Gasteiger partial charge < -0.3 is 10.6 Å². The molecule has 0 radical (unpaired) electrons. The number of halogens is 1. The first-order valence-electron chi connectivity index (χ1n) is 8.17. The van der Waals surface area contributed by atoms with Crippen LogP contribution in [-0.4, -0.2) is 52.1 Å². The summed E-state index contributed by atoms with van der Waals surface area (Å²) in [5.74, 6) is 1.56. The molecule has 0 aliphatic carbocycles. The number of nitrogens with zero attached hydrogens (tertiary/aromatic N) is 2. The van der Waals surface area contributed by atoms with Crippen LogP contribution in [0.3, 0.4) is 0 Å². The zero-order valence-corrected chi connectivity index (χ0v) is 18.6. The Labute approximate surface area is 174 Å². The molecule has 10 heteroatoms. The van der Waals surface area contributed by atoms with Crippen molar-refractivity contribution in [2.45, 2.75) is 15.6 Å². The van der Waals surface area contributed by atoms with E-state index in [0.717, 1.165) is 27.1 Å². The lowest BCUT2D eigenvalue weighted by molar-refractivity contribution is 0.523. The van der Waals surface area contributed by atoms with Gasteiger partial charge in [-0.3, -0.25) is 4.99 Å². The molecule has 27 heavy (non-hydrogen) atoms. The third-order valence-electron chi connectivity index (χ3n) is 3.50. The number of nitrogens with one attached hydrogen (secondary N) is 2. The molecule has 0 bridgehead atoms. The summed E-state index contributed by atoms with van der Waals surface area (Å²) < 4.78 is 25.8. The van der Waals surface area contributed by atoms with Crippen LogP contribution in [0.25, 0.3) is 0 Å². The Kier molecular flexibility index (Phi) is 8.43. The van der Waals surface area contributed by atoms with Gasteiger partial charge in [0.25, 0.3) is 10.0 Å². The molecular formula is C17H23ClN4O2S3. The highest BCUT2D eigenvalue weighted by Crippen LogP contribution is 2.23. The van der Waals surface area contributed by atoms with E-state index in [1.54, 1.807) is 24.9 Å². The summed E-state index contributed by atoms with van der Waals surface area (Å²) in [6, 6.07) is 11.2. The summed E-state index contributed by atoms with van der Waals surface area (Å²) >= 11 is 8.87. The zero-order chi connectivity index (χ0) is 19.9. The Bertz CT molecular complexity index is 865. The molecule has 1 aromatic heterocycles. The molecule has 2 N–H and O–H groups in total. The number of aliphatic imine (C=N–C) groups is 1. The summed E-state index contributed by atoms with van der Waals surface area (Å²) in [6.45, 7) is 1.26. The van der Waals surface area contributed by atoms with Crippen LogP contribution in [0.5, 0.6) is 0 Å². The number of rotatable bonds is 8. The van der Waals surface area contributed by atoms with Crippen LogP contribution in [-0.2, 0) is 16.6 Å². The average molecular weight is 447 g/mol. The quantitative estimate of drug-likeness (QED) is 0.282. The highest BCUT2D eigenvalue weighted by molar-refractivity contribution is 7.99. The van der Waals surface area contributed by atoms with E-state index in [0.29, 0.717) is 16.7 Å². The topological polar surface area (TPSA) is 73.8 Å². The van der Waals surface area contributed by atoms with Crippen molar-refractivity contribution in [2.24, 2.45) is 4.99 Å². The van der Waals surface area contributed by atoms with Gasteiger partial charge in [0.15, 0.2) is 5.96 Å². The van der Waals surface area contributed by atoms with Crippen LogP contribution in [0, 0.1) is 0 Å². The normalized spacial score (nSPS) is 12.4. The Morgan fingerprint density at radius 1 is 1.19 bits per heavy atom. The molecule has 0 saturated heterocycles. The second kappa shape index (κ2) is 10.3. The van der Waals surface area contributed by atoms with E-state index in [9.17, 15) is 8.42 Å². The van der Waals surface area contributed by atoms with E-state index in [4.69, 9.17) is 11.6 Å². The fraction of sp³-hybridized carbons (Fsp3) is 0.353. The molecule has 2 rings (SSSR count). The van der Waals surface area contributed by atoms with E-state index >= 15 is 0 Å². The molecule has 0 unspecified atom stereocenters. The van der Waals surface area contributed by atoms with Gasteiger partial charge in [-0.05, 0) is 36.4 Å². The summed E-state index contributed by atoms with van der Waals surface area (Å²) in [7, 11) is 1.38. The van der Waals surface area contributed by atoms with E-state index in [2.05, 4.69) is 15.6 Å². The maximum Gasteiger partial charge on any atom is 0.252 e. The molecule has 0 amide bonds. The molecule has 1 aromatic carbocycles. The molecule has 0 atom stereocenters. The average Bonchev–Trinajstić information content (AvgIpc) is 3.12. The molecule has 0 aliphatic rings. The largest absolute Gasteiger partial charge is 0.356 e. The molecule has 0 fully saturated rings. The van der Waals surface area contributed by atoms with Crippen LogP contribution in [0.2, 0.25) is 5.02 Å². The third kappa shape index (κ3) is 6.69. The number of thiophene rings is 1. The summed E-state index contributed by atoms with van der Waals surface area (Å²) in [5.41, 5.74) is 0. The van der Waals surface area contributed by atoms with Crippen LogP contribution in [0.1, 0.15) is 4.88 Å². The molecule has 6 nitrogen and oxygen atoms in total. The number of benzene rings is 1. The van der Waals surface area contributed by atoms with Crippen molar-refractivity contribution in [1.29, 1.82) is 0 Å². The van der Waals surface area contributed by atoms with Gasteiger partial charge in [0.05, 0.1) is 6.54 Å². The van der Waals surface area contributed by atoms with Crippen molar-refractivity contribution in [3.8, 4) is 0 Å². The number of sulfonamides is 1. The summed E-state index contributed by atoms with van der Waals surface area (Å²) in [4.78, 5) is 6.28. The van der Waals surface area contributed by atoms with Crippen LogP contribution >= 0.6 is 34.7 Å². The molecule has 0 spiro atoms. The molecule has 148 valence electrons. The monoisotopic (exact) mass is 446 g/mol. The highest BCUT2D eigenvalue weighted by atomic mass is 35.5. The Hall–Kier alpha value is -1.26. The maximum atomic E-state index is 12.1. The third-order valence-corrected chi connectivity index (χ3v) is 8.14. The van der Waals surface area contributed by atoms with Gasteiger partial charge in [0, 0.05) is 48.2 Å². The zero-order valence-electron chi connectivity index (χ0n) is 15.4. The predicted octanol–water partition coefficient (Wildman–Crippen LogP) is 3.11. The molecule has 0 aliphatic heterocycles. The molecular weight excluding hydrogens is 424 g/mol. The fourth-order valence-electron chi connectivity index (χ4n) is 2.03. The first-order chi connectivity index (χ1) is 12.8. The van der Waals surface area contributed by atoms with Crippen LogP contribution < -0.4 is 10.6 Å². The van der Waals surface area contributed by atoms with E-state index in [1.165, 1.54) is 29.7 Å². The summed E-state index contributed by atoms with van der Waals surface area (Å²) in [6.07, 6.45) is 0. The van der Waals surface area contributed by atoms with Gasteiger partial charge in [0.2, 0.25) is 0 Å². The van der Waals surface area contributed by atoms with E-state index in [1.807, 2.05) is 30.3 Å². The fourth-order valence-corrected chi connectivity index (χ4v) is 5.39. The van der Waals surface area contributed by atoms with Gasteiger partial charge in [-0.1, -0.05) is 11.6 Å². The number of hydrogen-bond donors (Lipinski definition) is 2. The number of hydrogen-bond acceptors (Lipinski definition) is 5. The van der Waals surface area contributed by atoms with Crippen LogP contribution in [0.4, 0.5) is 0 Å². The van der Waals surface area contributed by atoms with Crippen LogP contribution in [0.15, 0.2) is 50.5 Å². The van der Waals surface area contributed by atoms with Gasteiger partial charge in [0.1, 0.15) is 4.21 Å². The smallest absolute Gasteiger partial charge is 0.252 e. The van der Waals surface area contributed by atoms with Gasteiger partial charge in [-0.15, -0.1) is 23.1 Å². The van der Waals surface area contributed by atoms with Crippen molar-refractivity contribution < 1.29 is 8.42 Å². The second-order valence-electron chi connectivity index (χ2n) is 5.66. The standard InChI is InChI=1S/C17H23ClN4O2S3/c1-19-17(20-10-11-25-14-6-4-13(18)5-7-14)21-12-15-8-9-16(26-15)27(23,24)22(2)3/h4-9H,10-12H2,1-3H3,(H2,19,20,21). The lowest BCUT2D eigenvalue weighted by Crippen LogP contribution is -2.37. The van der Waals surface area contributed by atoms with Gasteiger partial charge in [-0.25, -0.2) is 12.7 Å². The van der Waals surface area contributed by atoms with Crippen molar-refractivity contribution in [3.63, 3.8) is 0 Å². The van der Waals surface area contributed by atoms with E-state index < -0.39 is 10.0 Å². The maximum absolute atomic E-state index is 12.1. The summed E-state index contributed by atoms with van der Waals surface area (Å²) in [5, 5.41) is 7.18. The number of guanidine groups is 1. The SMILES string of the molecule is CN=C(NCCSc1ccc(Cl)cc1)NCc1ccc(S(=O)(=O)N(C)C)s1. The first kappa shape index (κ1) is 22.0. The number of thioether (sulfide) groups is 1. The Balaban J connectivity index is 1.77. The van der Waals surface area contributed by atoms with E-state index in [-0.39, 0.29) is 0 Å². The van der Waals surface area contributed by atoms with Crippen molar-refractivity contribution in [3.05, 3.63) is 46.3 Å². The first-order valence-corrected chi connectivity index (χ1v) is 11.8. The van der Waals surface area contributed by atoms with Gasteiger partial charge >= 0.3 is 0 Å². The lowest BCUT2D eigenvalue weighted by Gasteiger charge is -2.11. The van der Waals surface area contributed by atoms with Gasteiger partial charge in [-0.2, -0.15) is 0 Å². The van der Waals surface area contributed by atoms with Crippen molar-refractivity contribution in [2.75, 3.05) is 33.4 Å². The lowest BCUT2D eigenvalue weighted by atomic mass is 10.4. The Morgan fingerprint density at radius 3 is 2.52 bits per heavy atom. The second-order valence-corrected chi connectivity index (χ2v) is 10.8. The van der Waals surface area contributed by atoms with Crippen molar-refractivity contribution >= 4 is 50.7 Å². The molecule has 0 saturated carbocycles. The minimum Gasteiger partial charge on any atom is -0.356 e. The minimum atomic E-state index is -3.38. The molecule has 2 aromatic rings. The minimum absolute atomic E-state index is 0.339. The molecule has 1 heterocycles. The highest BCUT2D eigenvalue weighted by Gasteiger charge is 2.19. The predicted molar refractivity (Wildman–Crippen MR) is 116 cm³/mol. The van der Waals surface area contributed by atoms with Crippen molar-refractivity contribution in [1.82, 2.24) is 14.9 Å².